The summed E-state index contributed by atoms with van der Waals surface area (Å²) in [4.78, 5) is 0. The van der Waals surface area contributed by atoms with Gasteiger partial charge in [-0.3, -0.25) is 16.2 Å². The van der Waals surface area contributed by atoms with E-state index in [9.17, 15) is 39.5 Å². The standard InChI is InChI=1S/C9H5F9N4/c10-6(11,1-2(19)4(21)5(22)3(1)20)7(12,13)8(14,15)9(16,17)18/h19,21-22H,20H2. The molecule has 4 nitrogen and oxygen atoms in total. The van der Waals surface area contributed by atoms with Gasteiger partial charge < -0.3 is 5.73 Å². The predicted molar refractivity (Wildman–Crippen MR) is 50.6 cm³/mol. The van der Waals surface area contributed by atoms with Crippen LogP contribution in [-0.4, -0.2) is 18.0 Å². The summed E-state index contributed by atoms with van der Waals surface area (Å²) in [5.74, 6) is -20.4. The molecule has 22 heavy (non-hydrogen) atoms. The van der Waals surface area contributed by atoms with Gasteiger partial charge in [-0.05, 0) is 0 Å². The number of alkyl halides is 9. The SMILES string of the molecule is N=c1c(N)c(C(F)(F)C(F)(F)C(F)(F)C(F)(F)F)c(=N)c1=N. The predicted octanol–water partition coefficient (Wildman–Crippen LogP) is 1.51. The van der Waals surface area contributed by atoms with Crippen LogP contribution in [0.2, 0.25) is 0 Å². The van der Waals surface area contributed by atoms with Gasteiger partial charge in [0.15, 0.2) is 0 Å². The first-order valence-electron chi connectivity index (χ1n) is 4.99. The molecule has 0 amide bonds. The van der Waals surface area contributed by atoms with Crippen molar-refractivity contribution in [2.24, 2.45) is 0 Å². The smallest absolute Gasteiger partial charge is 0.396 e. The quantitative estimate of drug-likeness (QED) is 0.617. The fraction of sp³-hybridized carbons (Fsp3) is 0.444. The summed E-state index contributed by atoms with van der Waals surface area (Å²) in [6, 6.07) is 0. The Hall–Kier alpha value is -2.08. The summed E-state index contributed by atoms with van der Waals surface area (Å²) in [5.41, 5.74) is 0.711. The maximum atomic E-state index is 13.6. The molecule has 0 aliphatic heterocycles. The molecule has 0 atom stereocenters. The molecule has 0 saturated carbocycles. The third-order valence-electron chi connectivity index (χ3n) is 2.75. The molecule has 0 bridgehead atoms. The van der Waals surface area contributed by atoms with Crippen LogP contribution in [0.25, 0.3) is 0 Å². The van der Waals surface area contributed by atoms with E-state index >= 15 is 0 Å². The highest BCUT2D eigenvalue weighted by Gasteiger charge is 2.82. The van der Waals surface area contributed by atoms with Crippen molar-refractivity contribution in [3.05, 3.63) is 21.6 Å². The van der Waals surface area contributed by atoms with Gasteiger partial charge in [-0.1, -0.05) is 0 Å². The van der Waals surface area contributed by atoms with Crippen LogP contribution in [0.1, 0.15) is 5.56 Å². The molecule has 13 heteroatoms. The molecule has 0 saturated heterocycles. The first-order chi connectivity index (χ1) is 9.51. The van der Waals surface area contributed by atoms with Crippen molar-refractivity contribution in [3.8, 4) is 0 Å². The first kappa shape index (κ1) is 18.0. The van der Waals surface area contributed by atoms with Crippen molar-refractivity contribution in [1.82, 2.24) is 0 Å². The van der Waals surface area contributed by atoms with Gasteiger partial charge in [-0.25, -0.2) is 0 Å². The second kappa shape index (κ2) is 4.46. The lowest BCUT2D eigenvalue weighted by Crippen LogP contribution is -2.60. The zero-order chi connectivity index (χ0) is 17.9. The third-order valence-corrected chi connectivity index (χ3v) is 2.75. The molecule has 0 radical (unpaired) electrons. The maximum Gasteiger partial charge on any atom is 0.460 e. The summed E-state index contributed by atoms with van der Waals surface area (Å²) < 4.78 is 115. The lowest BCUT2D eigenvalue weighted by atomic mass is 9.97. The minimum absolute atomic E-state index is 1.36. The van der Waals surface area contributed by atoms with E-state index in [1.54, 1.807) is 0 Å². The van der Waals surface area contributed by atoms with Crippen LogP contribution in [0.3, 0.4) is 0 Å². The highest BCUT2D eigenvalue weighted by atomic mass is 19.4. The normalized spacial score (nSPS) is 14.4. The Morgan fingerprint density at radius 2 is 1.05 bits per heavy atom. The minimum Gasteiger partial charge on any atom is -0.396 e. The van der Waals surface area contributed by atoms with Crippen molar-refractivity contribution in [3.63, 3.8) is 0 Å². The van der Waals surface area contributed by atoms with Crippen molar-refractivity contribution in [1.29, 1.82) is 16.2 Å². The minimum atomic E-state index is -7.13. The number of rotatable bonds is 3. The molecule has 0 spiro atoms. The largest absolute Gasteiger partial charge is 0.460 e. The van der Waals surface area contributed by atoms with E-state index in [0.29, 0.717) is 0 Å². The van der Waals surface area contributed by atoms with E-state index in [2.05, 4.69) is 0 Å². The summed E-state index contributed by atoms with van der Waals surface area (Å²) in [7, 11) is 0. The molecular weight excluding hydrogens is 335 g/mol. The average Bonchev–Trinajstić information content (AvgIpc) is 2.52. The Labute approximate surface area is 114 Å². The number of hydrogen-bond donors (Lipinski definition) is 4. The number of hydrogen-bond acceptors (Lipinski definition) is 4. The zero-order valence-corrected chi connectivity index (χ0v) is 9.98. The molecule has 0 fully saturated rings. The Balaban J connectivity index is 3.75. The molecule has 0 aliphatic rings. The van der Waals surface area contributed by atoms with Gasteiger partial charge >= 0.3 is 23.9 Å². The van der Waals surface area contributed by atoms with Gasteiger partial charge in [0.1, 0.15) is 10.7 Å². The number of nitrogen functional groups attached to an aromatic ring is 1. The number of anilines is 1. The number of nitrogens with one attached hydrogen (secondary N) is 3. The van der Waals surface area contributed by atoms with Crippen LogP contribution >= 0.6 is 0 Å². The molecule has 0 heterocycles. The van der Waals surface area contributed by atoms with Crippen molar-refractivity contribution >= 4 is 5.69 Å². The molecule has 0 unspecified atom stereocenters. The van der Waals surface area contributed by atoms with Gasteiger partial charge in [-0.2, -0.15) is 39.5 Å². The topological polar surface area (TPSA) is 97.6 Å². The fourth-order valence-corrected chi connectivity index (χ4v) is 1.50. The van der Waals surface area contributed by atoms with Crippen molar-refractivity contribution < 1.29 is 39.5 Å². The van der Waals surface area contributed by atoms with E-state index in [-0.39, 0.29) is 0 Å². The van der Waals surface area contributed by atoms with E-state index < -0.39 is 51.3 Å². The molecule has 1 aromatic rings. The second-order valence-electron chi connectivity index (χ2n) is 4.13. The molecule has 0 aliphatic carbocycles. The van der Waals surface area contributed by atoms with E-state index in [1.807, 2.05) is 0 Å². The average molecular weight is 340 g/mol. The molecule has 0 aromatic heterocycles. The summed E-state index contributed by atoms with van der Waals surface area (Å²) >= 11 is 0. The molecule has 1 aromatic carbocycles. The molecule has 124 valence electrons. The molecular formula is C9H5F9N4. The molecule has 1 rings (SSSR count). The van der Waals surface area contributed by atoms with Crippen LogP contribution in [-0.2, 0) is 5.92 Å². The van der Waals surface area contributed by atoms with E-state index in [4.69, 9.17) is 22.0 Å². The van der Waals surface area contributed by atoms with Crippen LogP contribution in [0.5, 0.6) is 0 Å². The zero-order valence-electron chi connectivity index (χ0n) is 9.98. The first-order valence-corrected chi connectivity index (χ1v) is 4.99. The highest BCUT2D eigenvalue weighted by molar-refractivity contribution is 5.50. The Morgan fingerprint density at radius 1 is 0.636 bits per heavy atom. The lowest BCUT2D eigenvalue weighted by molar-refractivity contribution is -0.399. The fourth-order valence-electron chi connectivity index (χ4n) is 1.50. The van der Waals surface area contributed by atoms with Crippen LogP contribution < -0.4 is 21.8 Å². The monoisotopic (exact) mass is 340 g/mol. The summed E-state index contributed by atoms with van der Waals surface area (Å²) in [5, 5.41) is 16.2. The number of nitrogens with two attached hydrogens (primary N) is 1. The Kier molecular flexibility index (Phi) is 3.64. The lowest BCUT2D eigenvalue weighted by Gasteiger charge is -2.33. The Morgan fingerprint density at radius 3 is 1.32 bits per heavy atom. The van der Waals surface area contributed by atoms with Gasteiger partial charge in [0.05, 0.1) is 16.6 Å². The van der Waals surface area contributed by atoms with Gasteiger partial charge in [0.2, 0.25) is 0 Å². The Bertz CT molecular complexity index is 739. The third kappa shape index (κ3) is 1.98. The van der Waals surface area contributed by atoms with Crippen molar-refractivity contribution in [2.45, 2.75) is 23.9 Å². The summed E-state index contributed by atoms with van der Waals surface area (Å²) in [6.45, 7) is 0. The maximum absolute atomic E-state index is 13.6. The van der Waals surface area contributed by atoms with Gasteiger partial charge in [0, 0.05) is 0 Å². The van der Waals surface area contributed by atoms with Gasteiger partial charge in [-0.15, -0.1) is 0 Å². The van der Waals surface area contributed by atoms with Crippen molar-refractivity contribution in [2.75, 3.05) is 5.73 Å². The van der Waals surface area contributed by atoms with Crippen LogP contribution in [0.15, 0.2) is 0 Å². The van der Waals surface area contributed by atoms with Gasteiger partial charge in [0.25, 0.3) is 0 Å². The van der Waals surface area contributed by atoms with Crippen LogP contribution in [0.4, 0.5) is 45.2 Å². The molecule has 5 N–H and O–H groups in total. The summed E-state index contributed by atoms with van der Waals surface area (Å²) in [6.07, 6.45) is -7.00. The second-order valence-corrected chi connectivity index (χ2v) is 4.13. The number of halogens is 9. The highest BCUT2D eigenvalue weighted by Crippen LogP contribution is 2.56. The van der Waals surface area contributed by atoms with E-state index in [1.165, 1.54) is 0 Å². The van der Waals surface area contributed by atoms with E-state index in [0.717, 1.165) is 0 Å². The van der Waals surface area contributed by atoms with Crippen LogP contribution in [0, 0.1) is 16.2 Å².